The number of nitrogens with two attached hydrogens (primary N) is 1. The molecule has 0 saturated heterocycles. The average molecular weight is 274 g/mol. The molecule has 0 amide bonds. The SMILES string of the molecule is Cc1nnc(Sc2nc3ccccn3c2CN)n1C. The first kappa shape index (κ1) is 12.2. The summed E-state index contributed by atoms with van der Waals surface area (Å²) in [5, 5.41) is 9.88. The number of rotatable bonds is 3. The fraction of sp³-hybridized carbons (Fsp3) is 0.250. The highest BCUT2D eigenvalue weighted by atomic mass is 32.2. The molecule has 7 heteroatoms. The summed E-state index contributed by atoms with van der Waals surface area (Å²) in [6.45, 7) is 2.36. The molecule has 0 fully saturated rings. The van der Waals surface area contributed by atoms with E-state index in [0.29, 0.717) is 6.54 Å². The molecular formula is C12H14N6S. The van der Waals surface area contributed by atoms with E-state index in [-0.39, 0.29) is 0 Å². The lowest BCUT2D eigenvalue weighted by Gasteiger charge is -2.01. The van der Waals surface area contributed by atoms with Gasteiger partial charge in [-0.15, -0.1) is 10.2 Å². The highest BCUT2D eigenvalue weighted by molar-refractivity contribution is 7.99. The Hall–Kier alpha value is -1.86. The molecule has 0 radical (unpaired) electrons. The second kappa shape index (κ2) is 4.67. The molecule has 2 N–H and O–H groups in total. The molecule has 0 aromatic carbocycles. The Kier molecular flexibility index (Phi) is 3.00. The van der Waals surface area contributed by atoms with Crippen molar-refractivity contribution in [3.05, 3.63) is 35.9 Å². The Bertz CT molecular complexity index is 729. The standard InChI is InChI=1S/C12H14N6S/c1-8-15-16-12(17(8)2)19-11-9(7-13)18-6-4-3-5-10(18)14-11/h3-6H,7,13H2,1-2H3. The van der Waals surface area contributed by atoms with E-state index in [9.17, 15) is 0 Å². The summed E-state index contributed by atoms with van der Waals surface area (Å²) in [5.41, 5.74) is 7.72. The number of imidazole rings is 1. The second-order valence-corrected chi connectivity index (χ2v) is 5.14. The van der Waals surface area contributed by atoms with E-state index in [0.717, 1.165) is 27.3 Å². The largest absolute Gasteiger partial charge is 0.325 e. The monoisotopic (exact) mass is 274 g/mol. The molecule has 0 spiro atoms. The van der Waals surface area contributed by atoms with Crippen LogP contribution in [0.15, 0.2) is 34.6 Å². The van der Waals surface area contributed by atoms with Crippen LogP contribution in [0, 0.1) is 6.92 Å². The highest BCUT2D eigenvalue weighted by Gasteiger charge is 2.15. The minimum Gasteiger partial charge on any atom is -0.325 e. The molecule has 0 aliphatic rings. The van der Waals surface area contributed by atoms with E-state index in [4.69, 9.17) is 5.73 Å². The zero-order valence-corrected chi connectivity index (χ0v) is 11.6. The number of hydrogen-bond acceptors (Lipinski definition) is 5. The molecule has 98 valence electrons. The van der Waals surface area contributed by atoms with Crippen LogP contribution in [0.4, 0.5) is 0 Å². The summed E-state index contributed by atoms with van der Waals surface area (Å²) in [6.07, 6.45) is 1.97. The van der Waals surface area contributed by atoms with E-state index in [1.807, 2.05) is 47.3 Å². The summed E-state index contributed by atoms with van der Waals surface area (Å²) in [4.78, 5) is 4.59. The van der Waals surface area contributed by atoms with Crippen molar-refractivity contribution in [2.45, 2.75) is 23.7 Å². The van der Waals surface area contributed by atoms with Gasteiger partial charge in [0.1, 0.15) is 16.5 Å². The maximum absolute atomic E-state index is 5.84. The summed E-state index contributed by atoms with van der Waals surface area (Å²) < 4.78 is 3.94. The van der Waals surface area contributed by atoms with Crippen LogP contribution in [-0.4, -0.2) is 24.1 Å². The van der Waals surface area contributed by atoms with Crippen LogP contribution in [0.1, 0.15) is 11.5 Å². The Morgan fingerprint density at radius 1 is 1.32 bits per heavy atom. The third kappa shape index (κ3) is 2.00. The van der Waals surface area contributed by atoms with Gasteiger partial charge in [0.15, 0.2) is 5.16 Å². The first-order valence-electron chi connectivity index (χ1n) is 5.90. The quantitative estimate of drug-likeness (QED) is 0.781. The molecule has 3 heterocycles. The molecule has 3 aromatic rings. The molecule has 3 aromatic heterocycles. The van der Waals surface area contributed by atoms with Crippen molar-refractivity contribution in [3.8, 4) is 0 Å². The van der Waals surface area contributed by atoms with Gasteiger partial charge >= 0.3 is 0 Å². The third-order valence-corrected chi connectivity index (χ3v) is 4.08. The summed E-state index contributed by atoms with van der Waals surface area (Å²) >= 11 is 1.49. The van der Waals surface area contributed by atoms with Crippen LogP contribution in [-0.2, 0) is 13.6 Å². The number of nitrogens with zero attached hydrogens (tertiary/aromatic N) is 5. The smallest absolute Gasteiger partial charge is 0.197 e. The van der Waals surface area contributed by atoms with Gasteiger partial charge in [-0.3, -0.25) is 0 Å². The molecule has 0 aliphatic carbocycles. The van der Waals surface area contributed by atoms with Gasteiger partial charge in [0.25, 0.3) is 0 Å². The van der Waals surface area contributed by atoms with Gasteiger partial charge in [0, 0.05) is 19.8 Å². The lowest BCUT2D eigenvalue weighted by Crippen LogP contribution is -2.02. The third-order valence-electron chi connectivity index (χ3n) is 3.03. The predicted octanol–water partition coefficient (Wildman–Crippen LogP) is 1.38. The highest BCUT2D eigenvalue weighted by Crippen LogP contribution is 2.29. The number of aryl methyl sites for hydroxylation is 1. The Balaban J connectivity index is 2.07. The second-order valence-electron chi connectivity index (χ2n) is 4.19. The summed E-state index contributed by atoms with van der Waals surface area (Å²) in [5.74, 6) is 0.876. The fourth-order valence-corrected chi connectivity index (χ4v) is 2.82. The molecule has 3 rings (SSSR count). The van der Waals surface area contributed by atoms with Gasteiger partial charge in [-0.05, 0) is 30.8 Å². The fourth-order valence-electron chi connectivity index (χ4n) is 1.86. The summed E-state index contributed by atoms with van der Waals surface area (Å²) in [6, 6.07) is 5.89. The van der Waals surface area contributed by atoms with Crippen LogP contribution < -0.4 is 5.73 Å². The number of hydrogen-bond donors (Lipinski definition) is 1. The molecule has 0 aliphatic heterocycles. The van der Waals surface area contributed by atoms with Crippen molar-refractivity contribution >= 4 is 17.4 Å². The molecule has 0 saturated carbocycles. The average Bonchev–Trinajstić information content (AvgIpc) is 2.93. The molecule has 0 bridgehead atoms. The van der Waals surface area contributed by atoms with Gasteiger partial charge in [0.2, 0.25) is 0 Å². The van der Waals surface area contributed by atoms with Crippen LogP contribution >= 0.6 is 11.8 Å². The normalized spacial score (nSPS) is 11.3. The Morgan fingerprint density at radius 2 is 2.16 bits per heavy atom. The van der Waals surface area contributed by atoms with Crippen molar-refractivity contribution in [2.75, 3.05) is 0 Å². The van der Waals surface area contributed by atoms with E-state index >= 15 is 0 Å². The van der Waals surface area contributed by atoms with Crippen LogP contribution in [0.5, 0.6) is 0 Å². The van der Waals surface area contributed by atoms with E-state index in [2.05, 4.69) is 15.2 Å². The first-order chi connectivity index (χ1) is 9.20. The van der Waals surface area contributed by atoms with Crippen molar-refractivity contribution in [1.82, 2.24) is 24.1 Å². The number of pyridine rings is 1. The van der Waals surface area contributed by atoms with Crippen LogP contribution in [0.3, 0.4) is 0 Å². The van der Waals surface area contributed by atoms with E-state index in [1.165, 1.54) is 11.8 Å². The van der Waals surface area contributed by atoms with E-state index < -0.39 is 0 Å². The molecule has 6 nitrogen and oxygen atoms in total. The Labute approximate surface area is 114 Å². The number of fused-ring (bicyclic) bond motifs is 1. The lowest BCUT2D eigenvalue weighted by molar-refractivity contribution is 0.764. The van der Waals surface area contributed by atoms with Gasteiger partial charge < -0.3 is 14.7 Å². The van der Waals surface area contributed by atoms with Gasteiger partial charge in [-0.1, -0.05) is 6.07 Å². The maximum atomic E-state index is 5.84. The molecule has 19 heavy (non-hydrogen) atoms. The molecule has 0 atom stereocenters. The van der Waals surface area contributed by atoms with Crippen LogP contribution in [0.2, 0.25) is 0 Å². The van der Waals surface area contributed by atoms with Crippen molar-refractivity contribution in [1.29, 1.82) is 0 Å². The van der Waals surface area contributed by atoms with Gasteiger partial charge in [-0.2, -0.15) is 0 Å². The minimum absolute atomic E-state index is 0.435. The minimum atomic E-state index is 0.435. The van der Waals surface area contributed by atoms with Crippen molar-refractivity contribution < 1.29 is 0 Å². The van der Waals surface area contributed by atoms with Crippen molar-refractivity contribution in [2.24, 2.45) is 12.8 Å². The first-order valence-corrected chi connectivity index (χ1v) is 6.72. The topological polar surface area (TPSA) is 74.0 Å². The molecular weight excluding hydrogens is 260 g/mol. The van der Waals surface area contributed by atoms with Gasteiger partial charge in [-0.25, -0.2) is 4.98 Å². The van der Waals surface area contributed by atoms with Crippen LogP contribution in [0.25, 0.3) is 5.65 Å². The molecule has 0 unspecified atom stereocenters. The summed E-state index contributed by atoms with van der Waals surface area (Å²) in [7, 11) is 1.94. The van der Waals surface area contributed by atoms with Crippen molar-refractivity contribution in [3.63, 3.8) is 0 Å². The Morgan fingerprint density at radius 3 is 2.84 bits per heavy atom. The zero-order valence-electron chi connectivity index (χ0n) is 10.7. The predicted molar refractivity (Wildman–Crippen MR) is 72.9 cm³/mol. The maximum Gasteiger partial charge on any atom is 0.197 e. The number of aromatic nitrogens is 5. The lowest BCUT2D eigenvalue weighted by atomic mass is 10.4. The zero-order chi connectivity index (χ0) is 13.4. The van der Waals surface area contributed by atoms with E-state index in [1.54, 1.807) is 0 Å². The van der Waals surface area contributed by atoms with Gasteiger partial charge in [0.05, 0.1) is 5.69 Å².